The molecular formula is C19H18O5. The van der Waals surface area contributed by atoms with Gasteiger partial charge in [0.1, 0.15) is 23.3 Å². The number of ether oxygens (including phenoxy) is 2. The van der Waals surface area contributed by atoms with Gasteiger partial charge in [0.25, 0.3) is 0 Å². The summed E-state index contributed by atoms with van der Waals surface area (Å²) in [5.41, 5.74) is 0. The first kappa shape index (κ1) is 17.4. The zero-order valence-corrected chi connectivity index (χ0v) is 13.5. The summed E-state index contributed by atoms with van der Waals surface area (Å²) in [5, 5.41) is 0. The van der Waals surface area contributed by atoms with Crippen LogP contribution in [0.3, 0.4) is 0 Å². The average Bonchev–Trinajstić information content (AvgIpc) is 2.61. The Hall–Kier alpha value is -2.95. The van der Waals surface area contributed by atoms with Crippen molar-refractivity contribution in [2.75, 3.05) is 0 Å². The number of esters is 2. The molecule has 124 valence electrons. The fourth-order valence-corrected chi connectivity index (χ4v) is 1.99. The first-order valence-electron chi connectivity index (χ1n) is 7.56. The number of hydrogen-bond acceptors (Lipinski definition) is 5. The molecule has 0 aliphatic heterocycles. The van der Waals surface area contributed by atoms with Crippen molar-refractivity contribution in [1.82, 2.24) is 0 Å². The molecule has 0 fully saturated rings. The van der Waals surface area contributed by atoms with Gasteiger partial charge in [-0.3, -0.25) is 14.4 Å². The fourth-order valence-electron chi connectivity index (χ4n) is 1.99. The maximum atomic E-state index is 12.3. The molecule has 0 amide bonds. The molecular weight excluding hydrogens is 308 g/mol. The second kappa shape index (κ2) is 8.06. The Morgan fingerprint density at radius 1 is 0.667 bits per heavy atom. The van der Waals surface area contributed by atoms with Crippen LogP contribution < -0.4 is 9.47 Å². The molecule has 5 heteroatoms. The summed E-state index contributed by atoms with van der Waals surface area (Å²) < 4.78 is 10.3. The van der Waals surface area contributed by atoms with E-state index in [0.717, 1.165) is 0 Å². The van der Waals surface area contributed by atoms with Gasteiger partial charge in [-0.2, -0.15) is 0 Å². The first-order valence-corrected chi connectivity index (χ1v) is 7.56. The van der Waals surface area contributed by atoms with Gasteiger partial charge in [-0.05, 0) is 38.1 Å². The van der Waals surface area contributed by atoms with E-state index in [1.54, 1.807) is 60.7 Å². The highest BCUT2D eigenvalue weighted by atomic mass is 16.5. The summed E-state index contributed by atoms with van der Waals surface area (Å²) in [6.45, 7) is 2.83. The normalized spacial score (nSPS) is 12.8. The van der Waals surface area contributed by atoms with Crippen LogP contribution in [0.2, 0.25) is 0 Å². The minimum Gasteiger partial charge on any atom is -0.426 e. The second-order valence-electron chi connectivity index (χ2n) is 5.31. The van der Waals surface area contributed by atoms with Crippen LogP contribution >= 0.6 is 0 Å². The number of Topliss-reactive ketones (excluding diaryl/α,β-unsaturated/α-hetero) is 1. The predicted molar refractivity (Wildman–Crippen MR) is 87.5 cm³/mol. The Morgan fingerprint density at radius 3 is 1.33 bits per heavy atom. The number of rotatable bonds is 6. The Balaban J connectivity index is 1.96. The molecule has 0 spiro atoms. The molecule has 0 aromatic heterocycles. The minimum absolute atomic E-state index is 0.349. The quantitative estimate of drug-likeness (QED) is 0.463. The van der Waals surface area contributed by atoms with E-state index in [0.29, 0.717) is 11.5 Å². The molecule has 2 aromatic rings. The molecule has 0 heterocycles. The average molecular weight is 326 g/mol. The van der Waals surface area contributed by atoms with Crippen molar-refractivity contribution in [2.45, 2.75) is 13.8 Å². The van der Waals surface area contributed by atoms with Gasteiger partial charge in [-0.1, -0.05) is 36.4 Å². The van der Waals surface area contributed by atoms with Gasteiger partial charge in [-0.15, -0.1) is 0 Å². The van der Waals surface area contributed by atoms with Crippen molar-refractivity contribution in [3.8, 4) is 11.5 Å². The van der Waals surface area contributed by atoms with Crippen LogP contribution in [0.25, 0.3) is 0 Å². The molecule has 0 saturated carbocycles. The van der Waals surface area contributed by atoms with E-state index in [2.05, 4.69) is 0 Å². The van der Waals surface area contributed by atoms with Crippen LogP contribution in [0.4, 0.5) is 0 Å². The maximum Gasteiger partial charge on any atom is 0.321 e. The Bertz CT molecular complexity index is 648. The number of benzene rings is 2. The molecule has 0 radical (unpaired) electrons. The topological polar surface area (TPSA) is 69.7 Å². The standard InChI is InChI=1S/C19H18O5/c1-13(18(21)23-15-9-5-3-6-10-15)17(20)14(2)19(22)24-16-11-7-4-8-12-16/h3-14H,1-2H3. The summed E-state index contributed by atoms with van der Waals surface area (Å²) in [5.74, 6) is -3.39. The maximum absolute atomic E-state index is 12.3. The van der Waals surface area contributed by atoms with Gasteiger partial charge < -0.3 is 9.47 Å². The van der Waals surface area contributed by atoms with Crippen molar-refractivity contribution in [3.05, 3.63) is 60.7 Å². The lowest BCUT2D eigenvalue weighted by Gasteiger charge is -2.15. The monoisotopic (exact) mass is 326 g/mol. The Kier molecular flexibility index (Phi) is 5.84. The first-order chi connectivity index (χ1) is 11.5. The highest BCUT2D eigenvalue weighted by Gasteiger charge is 2.32. The third-order valence-corrected chi connectivity index (χ3v) is 3.48. The Labute approximate surface area is 140 Å². The number of carbonyl (C=O) groups is 3. The van der Waals surface area contributed by atoms with E-state index < -0.39 is 29.6 Å². The van der Waals surface area contributed by atoms with E-state index in [9.17, 15) is 14.4 Å². The van der Waals surface area contributed by atoms with Gasteiger partial charge in [0.2, 0.25) is 0 Å². The molecule has 0 aliphatic rings. The summed E-state index contributed by atoms with van der Waals surface area (Å²) in [6, 6.07) is 16.9. The van der Waals surface area contributed by atoms with E-state index >= 15 is 0 Å². The molecule has 2 atom stereocenters. The van der Waals surface area contributed by atoms with Gasteiger partial charge in [-0.25, -0.2) is 0 Å². The summed E-state index contributed by atoms with van der Waals surface area (Å²) in [6.07, 6.45) is 0. The zero-order chi connectivity index (χ0) is 17.5. The third-order valence-electron chi connectivity index (χ3n) is 3.48. The SMILES string of the molecule is CC(C(=O)Oc1ccccc1)C(=O)C(C)C(=O)Oc1ccccc1. The third kappa shape index (κ3) is 4.52. The summed E-state index contributed by atoms with van der Waals surface area (Å²) in [4.78, 5) is 36.4. The van der Waals surface area contributed by atoms with Crippen molar-refractivity contribution in [3.63, 3.8) is 0 Å². The number of ketones is 1. The van der Waals surface area contributed by atoms with Gasteiger partial charge in [0.05, 0.1) is 0 Å². The molecule has 0 bridgehead atoms. The number of para-hydroxylation sites is 2. The van der Waals surface area contributed by atoms with E-state index in [1.807, 2.05) is 0 Å². The van der Waals surface area contributed by atoms with Crippen molar-refractivity contribution in [2.24, 2.45) is 11.8 Å². The summed E-state index contributed by atoms with van der Waals surface area (Å²) in [7, 11) is 0. The highest BCUT2D eigenvalue weighted by Crippen LogP contribution is 2.16. The van der Waals surface area contributed by atoms with Crippen molar-refractivity contribution in [1.29, 1.82) is 0 Å². The minimum atomic E-state index is -1.07. The van der Waals surface area contributed by atoms with Gasteiger partial charge in [0, 0.05) is 0 Å². The number of carbonyl (C=O) groups excluding carboxylic acids is 3. The zero-order valence-electron chi connectivity index (χ0n) is 13.5. The molecule has 24 heavy (non-hydrogen) atoms. The van der Waals surface area contributed by atoms with Crippen LogP contribution in [0.5, 0.6) is 11.5 Å². The van der Waals surface area contributed by atoms with Crippen molar-refractivity contribution < 1.29 is 23.9 Å². The predicted octanol–water partition coefficient (Wildman–Crippen LogP) is 3.04. The molecule has 5 nitrogen and oxygen atoms in total. The lowest BCUT2D eigenvalue weighted by Crippen LogP contribution is -2.34. The van der Waals surface area contributed by atoms with E-state index in [4.69, 9.17) is 9.47 Å². The van der Waals surface area contributed by atoms with Crippen LogP contribution in [0, 0.1) is 11.8 Å². The fraction of sp³-hybridized carbons (Fsp3) is 0.211. The molecule has 0 aliphatic carbocycles. The van der Waals surface area contributed by atoms with E-state index in [1.165, 1.54) is 13.8 Å². The molecule has 2 rings (SSSR count). The lowest BCUT2D eigenvalue weighted by atomic mass is 9.95. The smallest absolute Gasteiger partial charge is 0.321 e. The van der Waals surface area contributed by atoms with Gasteiger partial charge in [0.15, 0.2) is 5.78 Å². The van der Waals surface area contributed by atoms with Crippen LogP contribution in [-0.2, 0) is 14.4 Å². The van der Waals surface area contributed by atoms with E-state index in [-0.39, 0.29) is 0 Å². The van der Waals surface area contributed by atoms with Crippen LogP contribution in [0.1, 0.15) is 13.8 Å². The van der Waals surface area contributed by atoms with Crippen molar-refractivity contribution >= 4 is 17.7 Å². The molecule has 2 unspecified atom stereocenters. The molecule has 2 aromatic carbocycles. The largest absolute Gasteiger partial charge is 0.426 e. The van der Waals surface area contributed by atoms with Crippen LogP contribution in [0.15, 0.2) is 60.7 Å². The lowest BCUT2D eigenvalue weighted by molar-refractivity contribution is -0.149. The molecule has 0 saturated heterocycles. The second-order valence-corrected chi connectivity index (χ2v) is 5.31. The van der Waals surface area contributed by atoms with Gasteiger partial charge >= 0.3 is 11.9 Å². The highest BCUT2D eigenvalue weighted by molar-refractivity contribution is 6.08. The molecule has 0 N–H and O–H groups in total. The number of hydrogen-bond donors (Lipinski definition) is 0. The Morgan fingerprint density at radius 2 is 1.00 bits per heavy atom. The van der Waals surface area contributed by atoms with Crippen LogP contribution in [-0.4, -0.2) is 17.7 Å². The summed E-state index contributed by atoms with van der Waals surface area (Å²) >= 11 is 0.